The number of hydrogen-bond donors (Lipinski definition) is 0. The second kappa shape index (κ2) is 3.98. The topological polar surface area (TPSA) is 49.3 Å². The van der Waals surface area contributed by atoms with E-state index >= 15 is 0 Å². The molecule has 17 heavy (non-hydrogen) atoms. The zero-order valence-electron chi connectivity index (χ0n) is 10.0. The zero-order valence-corrected chi connectivity index (χ0v) is 10.0. The summed E-state index contributed by atoms with van der Waals surface area (Å²) in [7, 11) is 1.78. The van der Waals surface area contributed by atoms with Crippen molar-refractivity contribution in [3.8, 4) is 0 Å². The number of carbonyl (C=O) groups is 1. The Hall–Kier alpha value is -1.65. The second-order valence-electron chi connectivity index (χ2n) is 4.70. The van der Waals surface area contributed by atoms with E-state index in [1.54, 1.807) is 18.1 Å². The molecule has 1 aromatic heterocycles. The summed E-state index contributed by atoms with van der Waals surface area (Å²) in [4.78, 5) is 24.3. The van der Waals surface area contributed by atoms with Gasteiger partial charge in [-0.25, -0.2) is 4.98 Å². The number of rotatable bonds is 1. The Balaban J connectivity index is 1.91. The molecule has 1 saturated heterocycles. The van der Waals surface area contributed by atoms with E-state index in [-0.39, 0.29) is 5.91 Å². The third-order valence-electron chi connectivity index (χ3n) is 3.50. The first-order valence-electron chi connectivity index (χ1n) is 6.13. The van der Waals surface area contributed by atoms with Crippen LogP contribution in [0.4, 0.5) is 11.8 Å². The molecular formula is C12H16N4O. The largest absolute Gasteiger partial charge is 0.341 e. The molecule has 0 aromatic carbocycles. The van der Waals surface area contributed by atoms with Crippen LogP contribution in [-0.4, -0.2) is 36.0 Å². The first-order valence-corrected chi connectivity index (χ1v) is 6.13. The number of nitrogens with zero attached hydrogens (tertiary/aromatic N) is 4. The minimum atomic E-state index is 0.102. The number of amides is 1. The van der Waals surface area contributed by atoms with Gasteiger partial charge < -0.3 is 4.90 Å². The molecule has 0 aliphatic carbocycles. The monoisotopic (exact) mass is 232 g/mol. The molecule has 0 N–H and O–H groups in total. The quantitative estimate of drug-likeness (QED) is 0.724. The van der Waals surface area contributed by atoms with Crippen molar-refractivity contribution >= 4 is 17.7 Å². The smallest absolute Gasteiger partial charge is 0.232 e. The van der Waals surface area contributed by atoms with E-state index in [1.807, 2.05) is 0 Å². The predicted molar refractivity (Wildman–Crippen MR) is 65.2 cm³/mol. The van der Waals surface area contributed by atoms with Crippen molar-refractivity contribution in [1.82, 2.24) is 9.97 Å². The minimum absolute atomic E-state index is 0.102. The lowest BCUT2D eigenvalue weighted by molar-refractivity contribution is -0.117. The van der Waals surface area contributed by atoms with Crippen LogP contribution >= 0.6 is 0 Å². The van der Waals surface area contributed by atoms with Crippen LogP contribution < -0.4 is 9.80 Å². The molecule has 0 unspecified atom stereocenters. The predicted octanol–water partition coefficient (Wildman–Crippen LogP) is 0.986. The van der Waals surface area contributed by atoms with Crippen LogP contribution in [0.25, 0.3) is 0 Å². The summed E-state index contributed by atoms with van der Waals surface area (Å²) in [5.41, 5.74) is 0.943. The van der Waals surface area contributed by atoms with Crippen LogP contribution in [0.1, 0.15) is 24.8 Å². The molecule has 0 saturated carbocycles. The van der Waals surface area contributed by atoms with Gasteiger partial charge in [0, 0.05) is 31.9 Å². The van der Waals surface area contributed by atoms with Crippen LogP contribution in [0.15, 0.2) is 6.20 Å². The van der Waals surface area contributed by atoms with Crippen LogP contribution in [0.3, 0.4) is 0 Å². The molecule has 5 heteroatoms. The Bertz CT molecular complexity index is 454. The highest BCUT2D eigenvalue weighted by molar-refractivity contribution is 5.99. The second-order valence-corrected chi connectivity index (χ2v) is 4.70. The average molecular weight is 232 g/mol. The first kappa shape index (κ1) is 10.5. The molecule has 2 aliphatic heterocycles. The van der Waals surface area contributed by atoms with Gasteiger partial charge in [-0.15, -0.1) is 0 Å². The van der Waals surface area contributed by atoms with Gasteiger partial charge in [0.25, 0.3) is 0 Å². The maximum atomic E-state index is 11.6. The van der Waals surface area contributed by atoms with Gasteiger partial charge in [0.15, 0.2) is 0 Å². The van der Waals surface area contributed by atoms with Crippen LogP contribution in [0.2, 0.25) is 0 Å². The minimum Gasteiger partial charge on any atom is -0.341 e. The molecule has 3 heterocycles. The zero-order chi connectivity index (χ0) is 11.8. The van der Waals surface area contributed by atoms with Gasteiger partial charge in [0.2, 0.25) is 11.9 Å². The van der Waals surface area contributed by atoms with Crippen molar-refractivity contribution in [3.63, 3.8) is 0 Å². The number of hydrogen-bond acceptors (Lipinski definition) is 4. The standard InChI is InChI=1S/C12H16N4O/c1-15-10(17)7-9-8-13-12(14-11(9)15)16-5-3-2-4-6-16/h8H,2-7H2,1H3. The molecule has 1 amide bonds. The molecule has 0 atom stereocenters. The third-order valence-corrected chi connectivity index (χ3v) is 3.50. The van der Waals surface area contributed by atoms with Gasteiger partial charge in [0.05, 0.1) is 6.42 Å². The van der Waals surface area contributed by atoms with Crippen molar-refractivity contribution in [1.29, 1.82) is 0 Å². The molecule has 0 spiro atoms. The Morgan fingerprint density at radius 2 is 2.00 bits per heavy atom. The summed E-state index contributed by atoms with van der Waals surface area (Å²) in [6.45, 7) is 2.05. The van der Waals surface area contributed by atoms with Crippen LogP contribution in [0.5, 0.6) is 0 Å². The molecule has 3 rings (SSSR count). The van der Waals surface area contributed by atoms with Crippen molar-refractivity contribution < 1.29 is 4.79 Å². The number of fused-ring (bicyclic) bond motifs is 1. The molecule has 0 radical (unpaired) electrons. The first-order chi connectivity index (χ1) is 8.25. The maximum absolute atomic E-state index is 11.6. The van der Waals surface area contributed by atoms with Gasteiger partial charge in [-0.05, 0) is 19.3 Å². The summed E-state index contributed by atoms with van der Waals surface area (Å²) >= 11 is 0. The van der Waals surface area contributed by atoms with E-state index in [9.17, 15) is 4.79 Å². The fourth-order valence-electron chi connectivity index (χ4n) is 2.45. The Morgan fingerprint density at radius 1 is 1.24 bits per heavy atom. The molecule has 1 fully saturated rings. The summed E-state index contributed by atoms with van der Waals surface area (Å²) in [6.07, 6.45) is 5.93. The highest BCUT2D eigenvalue weighted by Crippen LogP contribution is 2.27. The molecule has 90 valence electrons. The number of likely N-dealkylation sites (N-methyl/N-ethyl adjacent to an activating group) is 1. The van der Waals surface area contributed by atoms with E-state index in [4.69, 9.17) is 0 Å². The number of anilines is 2. The lowest BCUT2D eigenvalue weighted by Crippen LogP contribution is -2.31. The van der Waals surface area contributed by atoms with Gasteiger partial charge in [0.1, 0.15) is 5.82 Å². The molecule has 2 aliphatic rings. The van der Waals surface area contributed by atoms with E-state index < -0.39 is 0 Å². The van der Waals surface area contributed by atoms with E-state index in [0.717, 1.165) is 30.4 Å². The van der Waals surface area contributed by atoms with Crippen molar-refractivity contribution in [3.05, 3.63) is 11.8 Å². The summed E-state index contributed by atoms with van der Waals surface area (Å²) in [5.74, 6) is 1.65. The maximum Gasteiger partial charge on any atom is 0.232 e. The van der Waals surface area contributed by atoms with Gasteiger partial charge >= 0.3 is 0 Å². The third kappa shape index (κ3) is 1.75. The summed E-state index contributed by atoms with van der Waals surface area (Å²) in [6, 6.07) is 0. The molecule has 0 bridgehead atoms. The molecular weight excluding hydrogens is 216 g/mol. The van der Waals surface area contributed by atoms with Crippen molar-refractivity contribution in [2.75, 3.05) is 29.9 Å². The Labute approximate surface area is 100 Å². The van der Waals surface area contributed by atoms with E-state index in [0.29, 0.717) is 6.42 Å². The highest BCUT2D eigenvalue weighted by atomic mass is 16.2. The fourth-order valence-corrected chi connectivity index (χ4v) is 2.45. The summed E-state index contributed by atoms with van der Waals surface area (Å²) < 4.78 is 0. The van der Waals surface area contributed by atoms with Gasteiger partial charge in [-0.2, -0.15) is 4.98 Å². The Morgan fingerprint density at radius 3 is 2.76 bits per heavy atom. The average Bonchev–Trinajstić information content (AvgIpc) is 2.66. The van der Waals surface area contributed by atoms with Crippen molar-refractivity contribution in [2.24, 2.45) is 0 Å². The Kier molecular flexibility index (Phi) is 2.46. The number of aromatic nitrogens is 2. The van der Waals surface area contributed by atoms with E-state index in [1.165, 1.54) is 19.3 Å². The van der Waals surface area contributed by atoms with Gasteiger partial charge in [-0.1, -0.05) is 0 Å². The normalized spacial score (nSPS) is 19.7. The van der Waals surface area contributed by atoms with Crippen LogP contribution in [0, 0.1) is 0 Å². The number of carbonyl (C=O) groups excluding carboxylic acids is 1. The lowest BCUT2D eigenvalue weighted by Gasteiger charge is -2.27. The van der Waals surface area contributed by atoms with E-state index in [2.05, 4.69) is 14.9 Å². The molecule has 1 aromatic rings. The lowest BCUT2D eigenvalue weighted by atomic mass is 10.1. The fraction of sp³-hybridized carbons (Fsp3) is 0.583. The summed E-state index contributed by atoms with van der Waals surface area (Å²) in [5, 5.41) is 0. The van der Waals surface area contributed by atoms with Gasteiger partial charge in [-0.3, -0.25) is 9.69 Å². The number of piperidine rings is 1. The van der Waals surface area contributed by atoms with Crippen LogP contribution in [-0.2, 0) is 11.2 Å². The van der Waals surface area contributed by atoms with Crippen molar-refractivity contribution in [2.45, 2.75) is 25.7 Å². The highest BCUT2D eigenvalue weighted by Gasteiger charge is 2.27. The SMILES string of the molecule is CN1C(=O)Cc2cnc(N3CCCCC3)nc21. The molecule has 5 nitrogen and oxygen atoms in total.